The third kappa shape index (κ3) is 3.27. The van der Waals surface area contributed by atoms with E-state index in [-0.39, 0.29) is 16.7 Å². The van der Waals surface area contributed by atoms with E-state index in [4.69, 9.17) is 5.73 Å². The van der Waals surface area contributed by atoms with Gasteiger partial charge in [0.25, 0.3) is 5.16 Å². The zero-order valence-electron chi connectivity index (χ0n) is 13.7. The Balaban J connectivity index is 2.05. The molecule has 0 saturated heterocycles. The number of anilines is 3. The van der Waals surface area contributed by atoms with E-state index in [1.54, 1.807) is 11.8 Å². The van der Waals surface area contributed by atoms with Gasteiger partial charge in [-0.1, -0.05) is 37.3 Å². The second-order valence-corrected chi connectivity index (χ2v) is 7.75. The van der Waals surface area contributed by atoms with Crippen LogP contribution in [0.2, 0.25) is 0 Å². The molecular formula is C16H19N5O3S. The fraction of sp³-hybridized carbons (Fsp3) is 0.312. The molecule has 2 heterocycles. The van der Waals surface area contributed by atoms with E-state index < -0.39 is 16.0 Å². The molecule has 8 nitrogen and oxygen atoms in total. The maximum Gasteiger partial charge on any atom is 0.251 e. The normalized spacial score (nSPS) is 16.4. The molecular weight excluding hydrogens is 342 g/mol. The summed E-state index contributed by atoms with van der Waals surface area (Å²) in [7, 11) is -3.62. The lowest BCUT2D eigenvalue weighted by Crippen LogP contribution is -2.36. The molecule has 132 valence electrons. The van der Waals surface area contributed by atoms with E-state index in [2.05, 4.69) is 15.3 Å². The van der Waals surface area contributed by atoms with Gasteiger partial charge >= 0.3 is 0 Å². The van der Waals surface area contributed by atoms with E-state index in [1.807, 2.05) is 30.3 Å². The summed E-state index contributed by atoms with van der Waals surface area (Å²) < 4.78 is 24.6. The zero-order valence-corrected chi connectivity index (χ0v) is 14.5. The van der Waals surface area contributed by atoms with Crippen LogP contribution >= 0.6 is 0 Å². The molecule has 0 radical (unpaired) electrons. The van der Waals surface area contributed by atoms with E-state index in [0.717, 1.165) is 11.8 Å². The van der Waals surface area contributed by atoms with Crippen molar-refractivity contribution in [3.8, 4) is 0 Å². The monoisotopic (exact) mass is 361 g/mol. The minimum Gasteiger partial charge on any atom is -0.382 e. The summed E-state index contributed by atoms with van der Waals surface area (Å²) in [6.45, 7) is 2.15. The van der Waals surface area contributed by atoms with Crippen molar-refractivity contribution in [1.82, 2.24) is 9.97 Å². The van der Waals surface area contributed by atoms with Gasteiger partial charge in [-0.05, 0) is 12.0 Å². The molecule has 3 N–H and O–H groups in total. The fourth-order valence-corrected chi connectivity index (χ4v) is 3.89. The first-order valence-corrected chi connectivity index (χ1v) is 9.54. The average Bonchev–Trinajstić information content (AvgIpc) is 2.94. The Morgan fingerprint density at radius 2 is 2.00 bits per heavy atom. The van der Waals surface area contributed by atoms with Crippen LogP contribution in [0.5, 0.6) is 0 Å². The molecule has 3 rings (SSSR count). The Bertz CT molecular complexity index is 886. The number of benzene rings is 1. The first-order valence-electron chi connectivity index (χ1n) is 7.89. The number of nitrogens with one attached hydrogen (secondary N) is 1. The zero-order chi connectivity index (χ0) is 18.0. The molecule has 0 spiro atoms. The molecule has 0 aliphatic carbocycles. The fourth-order valence-electron chi connectivity index (χ4n) is 2.71. The molecule has 0 fully saturated rings. The van der Waals surface area contributed by atoms with Crippen molar-refractivity contribution >= 4 is 33.4 Å². The van der Waals surface area contributed by atoms with Crippen LogP contribution in [-0.4, -0.2) is 36.6 Å². The van der Waals surface area contributed by atoms with Gasteiger partial charge < -0.3 is 16.0 Å². The molecule has 1 atom stereocenters. The van der Waals surface area contributed by atoms with Gasteiger partial charge in [-0.2, -0.15) is 9.97 Å². The predicted octanol–water partition coefficient (Wildman–Crippen LogP) is 1.20. The average molecular weight is 361 g/mol. The molecule has 25 heavy (non-hydrogen) atoms. The largest absolute Gasteiger partial charge is 0.382 e. The van der Waals surface area contributed by atoms with Crippen molar-refractivity contribution < 1.29 is 13.2 Å². The van der Waals surface area contributed by atoms with Gasteiger partial charge in [-0.3, -0.25) is 4.79 Å². The molecule has 9 heteroatoms. The van der Waals surface area contributed by atoms with Crippen LogP contribution in [0.4, 0.5) is 17.3 Å². The van der Waals surface area contributed by atoms with Crippen LogP contribution in [0.3, 0.4) is 0 Å². The van der Waals surface area contributed by atoms with Crippen LogP contribution < -0.4 is 16.0 Å². The molecule has 0 bridgehead atoms. The molecule has 0 saturated carbocycles. The highest BCUT2D eigenvalue weighted by atomic mass is 32.2. The summed E-state index contributed by atoms with van der Waals surface area (Å²) >= 11 is 0. The second kappa shape index (κ2) is 6.67. The Morgan fingerprint density at radius 3 is 2.64 bits per heavy atom. The van der Waals surface area contributed by atoms with Crippen molar-refractivity contribution in [2.45, 2.75) is 31.2 Å². The highest BCUT2D eigenvalue weighted by Gasteiger charge is 2.34. The van der Waals surface area contributed by atoms with Gasteiger partial charge in [0.2, 0.25) is 9.84 Å². The first kappa shape index (κ1) is 17.2. The SMILES string of the molecule is CCCS(=O)(=O)c1nc(N)c2c(n1)N(Cc1ccccc1)C(C=O)N2. The third-order valence-electron chi connectivity index (χ3n) is 3.87. The third-order valence-corrected chi connectivity index (χ3v) is 5.56. The quantitative estimate of drug-likeness (QED) is 0.582. The Morgan fingerprint density at radius 1 is 1.28 bits per heavy atom. The van der Waals surface area contributed by atoms with Crippen molar-refractivity contribution in [2.24, 2.45) is 0 Å². The Hall–Kier alpha value is -2.68. The van der Waals surface area contributed by atoms with Gasteiger partial charge in [0.05, 0.1) is 5.75 Å². The maximum atomic E-state index is 12.3. The van der Waals surface area contributed by atoms with Crippen molar-refractivity contribution in [3.63, 3.8) is 0 Å². The van der Waals surface area contributed by atoms with E-state index in [0.29, 0.717) is 24.5 Å². The van der Waals surface area contributed by atoms with E-state index in [9.17, 15) is 13.2 Å². The molecule has 1 aliphatic heterocycles. The molecule has 2 aromatic rings. The number of aldehydes is 1. The summed E-state index contributed by atoms with van der Waals surface area (Å²) in [5, 5.41) is 2.64. The number of sulfone groups is 1. The topological polar surface area (TPSA) is 118 Å². The van der Waals surface area contributed by atoms with Gasteiger partial charge in [-0.25, -0.2) is 8.42 Å². The standard InChI is InChI=1S/C16H19N5O3S/c1-2-8-25(23,24)16-19-14(17)13-15(20-16)21(12(10-22)18-13)9-11-6-4-3-5-7-11/h3-7,10,12,18H,2,8-9H2,1H3,(H2,17,19,20). The number of nitrogens with zero attached hydrogens (tertiary/aromatic N) is 3. The smallest absolute Gasteiger partial charge is 0.251 e. The number of carbonyl (C=O) groups excluding carboxylic acids is 1. The minimum atomic E-state index is -3.62. The maximum absolute atomic E-state index is 12.3. The molecule has 1 aromatic carbocycles. The number of aromatic nitrogens is 2. The minimum absolute atomic E-state index is 0.0158. The summed E-state index contributed by atoms with van der Waals surface area (Å²) in [5.74, 6) is 0.277. The number of rotatable bonds is 6. The van der Waals surface area contributed by atoms with Crippen LogP contribution in [0.25, 0.3) is 0 Å². The lowest BCUT2D eigenvalue weighted by molar-refractivity contribution is -0.108. The van der Waals surface area contributed by atoms with Crippen molar-refractivity contribution in [3.05, 3.63) is 35.9 Å². The molecule has 0 amide bonds. The van der Waals surface area contributed by atoms with Gasteiger partial charge in [0.15, 0.2) is 24.1 Å². The van der Waals surface area contributed by atoms with Crippen LogP contribution in [0.15, 0.2) is 35.5 Å². The number of nitrogens with two attached hydrogens (primary N) is 1. The Labute approximate surface area is 146 Å². The first-order chi connectivity index (χ1) is 12.0. The van der Waals surface area contributed by atoms with Gasteiger partial charge in [0.1, 0.15) is 5.69 Å². The summed E-state index contributed by atoms with van der Waals surface area (Å²) in [4.78, 5) is 21.3. The highest BCUT2D eigenvalue weighted by molar-refractivity contribution is 7.91. The lowest BCUT2D eigenvalue weighted by Gasteiger charge is -2.22. The predicted molar refractivity (Wildman–Crippen MR) is 94.9 cm³/mol. The van der Waals surface area contributed by atoms with Gasteiger partial charge in [0, 0.05) is 6.54 Å². The van der Waals surface area contributed by atoms with E-state index in [1.165, 1.54) is 0 Å². The number of carbonyl (C=O) groups is 1. The van der Waals surface area contributed by atoms with Gasteiger partial charge in [-0.15, -0.1) is 0 Å². The number of fused-ring (bicyclic) bond motifs is 1. The lowest BCUT2D eigenvalue weighted by atomic mass is 10.2. The molecule has 1 aromatic heterocycles. The van der Waals surface area contributed by atoms with E-state index >= 15 is 0 Å². The Kier molecular flexibility index (Phi) is 4.58. The van der Waals surface area contributed by atoms with Crippen molar-refractivity contribution in [1.29, 1.82) is 0 Å². The van der Waals surface area contributed by atoms with Crippen LogP contribution in [-0.2, 0) is 21.2 Å². The van der Waals surface area contributed by atoms with Crippen LogP contribution in [0.1, 0.15) is 18.9 Å². The highest BCUT2D eigenvalue weighted by Crippen LogP contribution is 2.37. The number of nitrogen functional groups attached to an aromatic ring is 1. The molecule has 1 unspecified atom stereocenters. The molecule has 1 aliphatic rings. The number of hydrogen-bond donors (Lipinski definition) is 2. The summed E-state index contributed by atoms with van der Waals surface area (Å²) in [6.07, 6.45) is 0.492. The van der Waals surface area contributed by atoms with Crippen LogP contribution in [0, 0.1) is 0 Å². The van der Waals surface area contributed by atoms with Crippen molar-refractivity contribution in [2.75, 3.05) is 21.7 Å². The number of hydrogen-bond acceptors (Lipinski definition) is 8. The second-order valence-electron chi connectivity index (χ2n) is 5.75. The summed E-state index contributed by atoms with van der Waals surface area (Å²) in [5.41, 5.74) is 7.25. The summed E-state index contributed by atoms with van der Waals surface area (Å²) in [6, 6.07) is 9.51.